The van der Waals surface area contributed by atoms with Crippen LogP contribution in [0.4, 0.5) is 5.82 Å². The van der Waals surface area contributed by atoms with E-state index in [-0.39, 0.29) is 0 Å². The van der Waals surface area contributed by atoms with Gasteiger partial charge in [-0.25, -0.2) is 0 Å². The summed E-state index contributed by atoms with van der Waals surface area (Å²) < 4.78 is 8.29. The molecule has 1 aromatic heterocycles. The van der Waals surface area contributed by atoms with E-state index in [4.69, 9.17) is 10.3 Å². The van der Waals surface area contributed by atoms with Crippen LogP contribution in [0.2, 0.25) is 0 Å². The summed E-state index contributed by atoms with van der Waals surface area (Å²) >= 11 is 10.5. The van der Waals surface area contributed by atoms with Gasteiger partial charge in [-0.2, -0.15) is 0 Å². The number of rotatable bonds is 2. The maximum Gasteiger partial charge on any atom is 0.177 e. The number of nitrogen functional groups attached to an aromatic ring is 1. The Bertz CT molecular complexity index is 794. The normalized spacial score (nSPS) is 10.8. The number of aromatic nitrogens is 1. The van der Waals surface area contributed by atoms with Crippen LogP contribution < -0.4 is 5.73 Å². The molecule has 0 bridgehead atoms. The van der Waals surface area contributed by atoms with Crippen LogP contribution in [0, 0.1) is 0 Å². The average molecular weight is 473 g/mol. The lowest BCUT2D eigenvalue weighted by atomic mass is 10.0. The molecule has 0 aliphatic rings. The van der Waals surface area contributed by atoms with E-state index < -0.39 is 0 Å². The molecule has 0 amide bonds. The summed E-state index contributed by atoms with van der Waals surface area (Å²) in [4.78, 5) is 0. The van der Waals surface area contributed by atoms with Crippen molar-refractivity contribution in [1.29, 1.82) is 0 Å². The Balaban J connectivity index is 2.24. The van der Waals surface area contributed by atoms with Gasteiger partial charge in [-0.3, -0.25) is 0 Å². The summed E-state index contributed by atoms with van der Waals surface area (Å²) in [6.07, 6.45) is 0. The molecule has 0 saturated heterocycles. The fraction of sp³-hybridized carbons (Fsp3) is 0. The molecular weight excluding hydrogens is 464 g/mol. The zero-order chi connectivity index (χ0) is 15.0. The summed E-state index contributed by atoms with van der Waals surface area (Å²) in [5, 5.41) is 3.92. The zero-order valence-electron chi connectivity index (χ0n) is 10.6. The topological polar surface area (TPSA) is 52.0 Å². The molecule has 106 valence electrons. The van der Waals surface area contributed by atoms with E-state index >= 15 is 0 Å². The molecule has 0 fully saturated rings. The van der Waals surface area contributed by atoms with Gasteiger partial charge in [0.1, 0.15) is 0 Å². The van der Waals surface area contributed by atoms with Gasteiger partial charge in [-0.05, 0) is 24.3 Å². The van der Waals surface area contributed by atoms with Crippen molar-refractivity contribution in [3.05, 3.63) is 55.9 Å². The number of halogens is 3. The lowest BCUT2D eigenvalue weighted by molar-refractivity contribution is 0.436. The quantitative estimate of drug-likeness (QED) is 0.507. The third-order valence-corrected chi connectivity index (χ3v) is 4.59. The second kappa shape index (κ2) is 5.94. The van der Waals surface area contributed by atoms with Gasteiger partial charge in [0.15, 0.2) is 11.6 Å². The lowest BCUT2D eigenvalue weighted by Crippen LogP contribution is -1.89. The van der Waals surface area contributed by atoms with Gasteiger partial charge in [-0.15, -0.1) is 0 Å². The molecule has 0 atom stereocenters. The molecule has 0 aliphatic carbocycles. The van der Waals surface area contributed by atoms with Crippen molar-refractivity contribution < 1.29 is 4.52 Å². The molecule has 3 rings (SSSR count). The molecule has 3 nitrogen and oxygen atoms in total. The van der Waals surface area contributed by atoms with Crippen LogP contribution in [0.3, 0.4) is 0 Å². The van der Waals surface area contributed by atoms with E-state index in [1.807, 2.05) is 42.5 Å². The van der Waals surface area contributed by atoms with Crippen molar-refractivity contribution >= 4 is 53.6 Å². The number of benzene rings is 2. The van der Waals surface area contributed by atoms with E-state index in [1.165, 1.54) is 0 Å². The van der Waals surface area contributed by atoms with Crippen LogP contribution in [0.5, 0.6) is 0 Å². The number of hydrogen-bond acceptors (Lipinski definition) is 3. The van der Waals surface area contributed by atoms with Crippen LogP contribution in [0.1, 0.15) is 0 Å². The number of nitrogens with zero attached hydrogens (tertiary/aromatic N) is 1. The first kappa shape index (κ1) is 14.8. The highest BCUT2D eigenvalue weighted by Crippen LogP contribution is 2.41. The smallest absolute Gasteiger partial charge is 0.177 e. The van der Waals surface area contributed by atoms with Crippen molar-refractivity contribution in [1.82, 2.24) is 5.16 Å². The van der Waals surface area contributed by atoms with Crippen LogP contribution in [-0.4, -0.2) is 5.16 Å². The molecule has 1 heterocycles. The average Bonchev–Trinajstić information content (AvgIpc) is 2.80. The van der Waals surface area contributed by atoms with Gasteiger partial charge in [-0.1, -0.05) is 71.1 Å². The molecule has 0 spiro atoms. The van der Waals surface area contributed by atoms with Crippen LogP contribution >= 0.6 is 47.8 Å². The van der Waals surface area contributed by atoms with Gasteiger partial charge in [0.2, 0.25) is 0 Å². The molecule has 0 saturated carbocycles. The highest BCUT2D eigenvalue weighted by atomic mass is 79.9. The highest BCUT2D eigenvalue weighted by molar-refractivity contribution is 9.11. The maximum atomic E-state index is 6.01. The lowest BCUT2D eigenvalue weighted by Gasteiger charge is -2.06. The monoisotopic (exact) mass is 470 g/mol. The Kier molecular flexibility index (Phi) is 4.19. The number of anilines is 1. The van der Waals surface area contributed by atoms with E-state index in [9.17, 15) is 0 Å². The van der Waals surface area contributed by atoms with Gasteiger partial charge in [0, 0.05) is 24.5 Å². The van der Waals surface area contributed by atoms with Gasteiger partial charge in [0.05, 0.1) is 5.56 Å². The maximum absolute atomic E-state index is 6.01. The first-order chi connectivity index (χ1) is 10.1. The highest BCUT2D eigenvalue weighted by Gasteiger charge is 2.19. The Morgan fingerprint density at radius 3 is 2.29 bits per heavy atom. The predicted octanol–water partition coefficient (Wildman–Crippen LogP) is 5.88. The minimum absolute atomic E-state index is 0.369. The van der Waals surface area contributed by atoms with Crippen LogP contribution in [0.25, 0.3) is 22.5 Å². The number of hydrogen-bond donors (Lipinski definition) is 1. The van der Waals surface area contributed by atoms with Gasteiger partial charge < -0.3 is 10.3 Å². The van der Waals surface area contributed by atoms with Crippen molar-refractivity contribution in [2.45, 2.75) is 0 Å². The molecular formula is C15H9Br3N2O. The summed E-state index contributed by atoms with van der Waals surface area (Å²) in [7, 11) is 0. The molecule has 3 aromatic rings. The number of nitrogens with two attached hydrogens (primary N) is 1. The fourth-order valence-corrected chi connectivity index (χ4v) is 3.89. The largest absolute Gasteiger partial charge is 0.380 e. The summed E-state index contributed by atoms with van der Waals surface area (Å²) in [6, 6.07) is 13.7. The minimum Gasteiger partial charge on any atom is -0.380 e. The second-order valence-electron chi connectivity index (χ2n) is 4.41. The van der Waals surface area contributed by atoms with E-state index in [0.717, 1.165) is 30.1 Å². The van der Waals surface area contributed by atoms with Gasteiger partial charge in [0.25, 0.3) is 0 Å². The fourth-order valence-electron chi connectivity index (χ4n) is 2.11. The van der Waals surface area contributed by atoms with E-state index in [0.29, 0.717) is 11.6 Å². The summed E-state index contributed by atoms with van der Waals surface area (Å²) in [5.74, 6) is 1.01. The molecule has 0 unspecified atom stereocenters. The SMILES string of the molecule is Nc1noc(-c2cc(Br)cc(Br)c2)c1-c1ccccc1Br. The summed E-state index contributed by atoms with van der Waals surface area (Å²) in [5.41, 5.74) is 8.63. The second-order valence-corrected chi connectivity index (χ2v) is 7.10. The first-order valence-corrected chi connectivity index (χ1v) is 8.40. The standard InChI is InChI=1S/C15H9Br3N2O/c16-9-5-8(6-10(17)7-9)14-13(15(19)20-21-14)11-3-1-2-4-12(11)18/h1-7H,(H2,19,20). The van der Waals surface area contributed by atoms with Crippen molar-refractivity contribution in [2.24, 2.45) is 0 Å². The minimum atomic E-state index is 0.369. The Morgan fingerprint density at radius 1 is 0.952 bits per heavy atom. The van der Waals surface area contributed by atoms with Crippen molar-refractivity contribution in [3.8, 4) is 22.5 Å². The Labute approximate surface area is 146 Å². The molecule has 6 heteroatoms. The molecule has 0 radical (unpaired) electrons. The van der Waals surface area contributed by atoms with Gasteiger partial charge >= 0.3 is 0 Å². The Hall–Kier alpha value is -1.11. The van der Waals surface area contributed by atoms with E-state index in [2.05, 4.69) is 52.9 Å². The van der Waals surface area contributed by atoms with Crippen LogP contribution in [0.15, 0.2) is 60.4 Å². The predicted molar refractivity (Wildman–Crippen MR) is 94.9 cm³/mol. The molecule has 21 heavy (non-hydrogen) atoms. The van der Waals surface area contributed by atoms with Crippen molar-refractivity contribution in [2.75, 3.05) is 5.73 Å². The third kappa shape index (κ3) is 2.93. The summed E-state index contributed by atoms with van der Waals surface area (Å²) in [6.45, 7) is 0. The zero-order valence-corrected chi connectivity index (χ0v) is 15.4. The Morgan fingerprint density at radius 2 is 1.62 bits per heavy atom. The molecule has 0 aliphatic heterocycles. The molecule has 2 N–H and O–H groups in total. The third-order valence-electron chi connectivity index (χ3n) is 2.99. The molecule has 2 aromatic carbocycles. The first-order valence-electron chi connectivity index (χ1n) is 6.03. The van der Waals surface area contributed by atoms with E-state index in [1.54, 1.807) is 0 Å². The van der Waals surface area contributed by atoms with Crippen LogP contribution in [-0.2, 0) is 0 Å². The van der Waals surface area contributed by atoms with Crippen molar-refractivity contribution in [3.63, 3.8) is 0 Å².